The first kappa shape index (κ1) is 10.5. The third-order valence-electron chi connectivity index (χ3n) is 2.96. The molecule has 82 valence electrons. The molecule has 0 fully saturated rings. The van der Waals surface area contributed by atoms with Crippen LogP contribution in [-0.4, -0.2) is 31.6 Å². The van der Waals surface area contributed by atoms with E-state index in [1.54, 1.807) is 0 Å². The standard InChI is InChI=1S/C13H20N2/c1-9-5-10(2)13-11(6-9)7-12(14-13)8-15(3)4/h5-6,12,14H,7-8H2,1-4H3. The average molecular weight is 204 g/mol. The highest BCUT2D eigenvalue weighted by atomic mass is 15.1. The van der Waals surface area contributed by atoms with Crippen molar-refractivity contribution >= 4 is 5.69 Å². The molecule has 0 amide bonds. The van der Waals surface area contributed by atoms with E-state index >= 15 is 0 Å². The summed E-state index contributed by atoms with van der Waals surface area (Å²) in [6.45, 7) is 5.47. The van der Waals surface area contributed by atoms with Crippen molar-refractivity contribution in [1.82, 2.24) is 4.90 Å². The molecule has 2 rings (SSSR count). The first-order valence-electron chi connectivity index (χ1n) is 5.57. The summed E-state index contributed by atoms with van der Waals surface area (Å²) in [6.07, 6.45) is 1.16. The highest BCUT2D eigenvalue weighted by Gasteiger charge is 2.22. The number of likely N-dealkylation sites (N-methyl/N-ethyl adjacent to an activating group) is 1. The van der Waals surface area contributed by atoms with Crippen molar-refractivity contribution in [3.8, 4) is 0 Å². The van der Waals surface area contributed by atoms with Crippen LogP contribution in [0.25, 0.3) is 0 Å². The lowest BCUT2D eigenvalue weighted by Gasteiger charge is -2.16. The van der Waals surface area contributed by atoms with Crippen LogP contribution in [0.3, 0.4) is 0 Å². The molecule has 1 aromatic rings. The molecule has 1 aliphatic rings. The van der Waals surface area contributed by atoms with Crippen molar-refractivity contribution in [3.63, 3.8) is 0 Å². The lowest BCUT2D eigenvalue weighted by molar-refractivity contribution is 0.386. The van der Waals surface area contributed by atoms with Crippen LogP contribution in [0.2, 0.25) is 0 Å². The second-order valence-corrected chi connectivity index (χ2v) is 4.92. The molecule has 0 spiro atoms. The largest absolute Gasteiger partial charge is 0.380 e. The molecule has 15 heavy (non-hydrogen) atoms. The molecule has 1 atom stereocenters. The number of hydrogen-bond donors (Lipinski definition) is 1. The third kappa shape index (κ3) is 2.15. The predicted octanol–water partition coefficient (Wildman–Crippen LogP) is 2.20. The van der Waals surface area contributed by atoms with E-state index in [4.69, 9.17) is 0 Å². The van der Waals surface area contributed by atoms with Gasteiger partial charge in [-0.05, 0) is 45.5 Å². The summed E-state index contributed by atoms with van der Waals surface area (Å²) >= 11 is 0. The van der Waals surface area contributed by atoms with E-state index < -0.39 is 0 Å². The Hall–Kier alpha value is -1.02. The quantitative estimate of drug-likeness (QED) is 0.794. The van der Waals surface area contributed by atoms with Gasteiger partial charge in [0, 0.05) is 18.3 Å². The molecular formula is C13H20N2. The number of nitrogens with one attached hydrogen (secondary N) is 1. The summed E-state index contributed by atoms with van der Waals surface area (Å²) < 4.78 is 0. The van der Waals surface area contributed by atoms with Crippen LogP contribution in [0.1, 0.15) is 16.7 Å². The molecule has 1 heterocycles. The second kappa shape index (κ2) is 3.86. The Morgan fingerprint density at radius 2 is 2.07 bits per heavy atom. The Morgan fingerprint density at radius 1 is 1.33 bits per heavy atom. The molecule has 0 saturated heterocycles. The molecule has 0 aromatic heterocycles. The van der Waals surface area contributed by atoms with Crippen LogP contribution in [-0.2, 0) is 6.42 Å². The molecule has 0 radical (unpaired) electrons. The number of nitrogens with zero attached hydrogens (tertiary/aromatic N) is 1. The van der Waals surface area contributed by atoms with Gasteiger partial charge in [-0.25, -0.2) is 0 Å². The summed E-state index contributed by atoms with van der Waals surface area (Å²) in [5.41, 5.74) is 5.61. The van der Waals surface area contributed by atoms with Crippen molar-refractivity contribution < 1.29 is 0 Å². The lowest BCUT2D eigenvalue weighted by atomic mass is 10.0. The number of rotatable bonds is 2. The summed E-state index contributed by atoms with van der Waals surface area (Å²) in [5.74, 6) is 0. The zero-order chi connectivity index (χ0) is 11.0. The number of benzene rings is 1. The third-order valence-corrected chi connectivity index (χ3v) is 2.96. The van der Waals surface area contributed by atoms with Crippen molar-refractivity contribution in [2.75, 3.05) is 26.0 Å². The van der Waals surface area contributed by atoms with Gasteiger partial charge in [-0.2, -0.15) is 0 Å². The minimum Gasteiger partial charge on any atom is -0.380 e. The number of aryl methyl sites for hydroxylation is 2. The molecule has 2 heteroatoms. The molecule has 1 aliphatic heterocycles. The maximum absolute atomic E-state index is 3.62. The average Bonchev–Trinajstić information content (AvgIpc) is 2.45. The van der Waals surface area contributed by atoms with Crippen LogP contribution < -0.4 is 5.32 Å². The molecule has 0 saturated carbocycles. The van der Waals surface area contributed by atoms with E-state index in [1.807, 2.05) is 0 Å². The molecule has 2 nitrogen and oxygen atoms in total. The van der Waals surface area contributed by atoms with E-state index in [2.05, 4.69) is 50.3 Å². The number of hydrogen-bond acceptors (Lipinski definition) is 2. The van der Waals surface area contributed by atoms with Gasteiger partial charge in [0.1, 0.15) is 0 Å². The van der Waals surface area contributed by atoms with Gasteiger partial charge in [-0.15, -0.1) is 0 Å². The van der Waals surface area contributed by atoms with Gasteiger partial charge < -0.3 is 10.2 Å². The van der Waals surface area contributed by atoms with Gasteiger partial charge in [0.05, 0.1) is 0 Å². The summed E-state index contributed by atoms with van der Waals surface area (Å²) in [5, 5.41) is 3.62. The van der Waals surface area contributed by atoms with E-state index in [0.717, 1.165) is 13.0 Å². The Balaban J connectivity index is 2.20. The fourth-order valence-electron chi connectivity index (χ4n) is 2.49. The Morgan fingerprint density at radius 3 is 2.73 bits per heavy atom. The smallest absolute Gasteiger partial charge is 0.0429 e. The predicted molar refractivity (Wildman–Crippen MR) is 65.6 cm³/mol. The van der Waals surface area contributed by atoms with Crippen LogP contribution in [0.15, 0.2) is 12.1 Å². The van der Waals surface area contributed by atoms with Gasteiger partial charge >= 0.3 is 0 Å². The monoisotopic (exact) mass is 204 g/mol. The Kier molecular flexibility index (Phi) is 2.70. The van der Waals surface area contributed by atoms with Crippen LogP contribution in [0.4, 0.5) is 5.69 Å². The first-order chi connectivity index (χ1) is 7.06. The van der Waals surface area contributed by atoms with Gasteiger partial charge in [0.15, 0.2) is 0 Å². The Bertz CT molecular complexity index is 369. The van der Waals surface area contributed by atoms with Gasteiger partial charge in [-0.3, -0.25) is 0 Å². The fraction of sp³-hybridized carbons (Fsp3) is 0.538. The normalized spacial score (nSPS) is 19.1. The van der Waals surface area contributed by atoms with Gasteiger partial charge in [0.2, 0.25) is 0 Å². The fourth-order valence-corrected chi connectivity index (χ4v) is 2.49. The maximum Gasteiger partial charge on any atom is 0.0429 e. The van der Waals surface area contributed by atoms with Crippen LogP contribution >= 0.6 is 0 Å². The van der Waals surface area contributed by atoms with Crippen molar-refractivity contribution in [2.45, 2.75) is 26.3 Å². The van der Waals surface area contributed by atoms with E-state index in [1.165, 1.54) is 22.4 Å². The van der Waals surface area contributed by atoms with Crippen LogP contribution in [0, 0.1) is 13.8 Å². The maximum atomic E-state index is 3.62. The van der Waals surface area contributed by atoms with E-state index in [-0.39, 0.29) is 0 Å². The van der Waals surface area contributed by atoms with E-state index in [0.29, 0.717) is 6.04 Å². The zero-order valence-corrected chi connectivity index (χ0v) is 10.1. The summed E-state index contributed by atoms with van der Waals surface area (Å²) in [6, 6.07) is 5.14. The molecule has 1 N–H and O–H groups in total. The summed E-state index contributed by atoms with van der Waals surface area (Å²) in [7, 11) is 4.26. The summed E-state index contributed by atoms with van der Waals surface area (Å²) in [4.78, 5) is 2.24. The van der Waals surface area contributed by atoms with Crippen molar-refractivity contribution in [3.05, 3.63) is 28.8 Å². The number of fused-ring (bicyclic) bond motifs is 1. The molecular weight excluding hydrogens is 184 g/mol. The zero-order valence-electron chi connectivity index (χ0n) is 10.1. The van der Waals surface area contributed by atoms with Gasteiger partial charge in [0.25, 0.3) is 0 Å². The molecule has 0 aliphatic carbocycles. The minimum atomic E-state index is 0.579. The van der Waals surface area contributed by atoms with E-state index in [9.17, 15) is 0 Å². The SMILES string of the molecule is Cc1cc(C)c2c(c1)CC(CN(C)C)N2. The first-order valence-corrected chi connectivity index (χ1v) is 5.57. The Labute approximate surface area is 92.3 Å². The number of anilines is 1. The van der Waals surface area contributed by atoms with Crippen molar-refractivity contribution in [1.29, 1.82) is 0 Å². The topological polar surface area (TPSA) is 15.3 Å². The molecule has 0 bridgehead atoms. The highest BCUT2D eigenvalue weighted by Crippen LogP contribution is 2.30. The van der Waals surface area contributed by atoms with Crippen molar-refractivity contribution in [2.24, 2.45) is 0 Å². The molecule has 1 aromatic carbocycles. The molecule has 1 unspecified atom stereocenters. The minimum absolute atomic E-state index is 0.579. The second-order valence-electron chi connectivity index (χ2n) is 4.92. The lowest BCUT2D eigenvalue weighted by Crippen LogP contribution is -2.30. The highest BCUT2D eigenvalue weighted by molar-refractivity contribution is 5.63. The van der Waals surface area contributed by atoms with Gasteiger partial charge in [-0.1, -0.05) is 17.7 Å². The van der Waals surface area contributed by atoms with Crippen LogP contribution in [0.5, 0.6) is 0 Å².